The Morgan fingerprint density at radius 1 is 1.18 bits per heavy atom. The Bertz CT molecular complexity index is 209. The number of hydrogen-bond acceptors (Lipinski definition) is 4. The second-order valence-electron chi connectivity index (χ2n) is 3.79. The summed E-state index contributed by atoms with van der Waals surface area (Å²) in [6.45, 7) is 4.38. The largest absolute Gasteiger partial charge is 0.466 e. The molecule has 0 aromatic heterocycles. The highest BCUT2D eigenvalue weighted by molar-refractivity contribution is 14.1. The van der Waals surface area contributed by atoms with E-state index in [1.807, 2.05) is 13.8 Å². The summed E-state index contributed by atoms with van der Waals surface area (Å²) in [5, 5.41) is 0. The van der Waals surface area contributed by atoms with Crippen molar-refractivity contribution in [1.29, 1.82) is 0 Å². The number of esters is 2. The van der Waals surface area contributed by atoms with Crippen molar-refractivity contribution < 1.29 is 19.1 Å². The van der Waals surface area contributed by atoms with Gasteiger partial charge >= 0.3 is 11.9 Å². The highest BCUT2D eigenvalue weighted by atomic mass is 127. The molecule has 0 amide bonds. The van der Waals surface area contributed by atoms with E-state index in [1.165, 1.54) is 0 Å². The SMILES string of the molecule is CCCCC(=O)OC(CI)CC(=O)OCCC. The molecule has 100 valence electrons. The van der Waals surface area contributed by atoms with E-state index in [1.54, 1.807) is 0 Å². The maximum atomic E-state index is 11.4. The second-order valence-corrected chi connectivity index (χ2v) is 4.68. The zero-order valence-corrected chi connectivity index (χ0v) is 12.7. The molecule has 0 saturated carbocycles. The zero-order chi connectivity index (χ0) is 13.1. The van der Waals surface area contributed by atoms with Crippen LogP contribution in [-0.4, -0.2) is 29.1 Å². The predicted octanol–water partition coefficient (Wildman–Crippen LogP) is 2.87. The fraction of sp³-hybridized carbons (Fsp3) is 0.833. The van der Waals surface area contributed by atoms with Crippen molar-refractivity contribution >= 4 is 34.5 Å². The first-order valence-electron chi connectivity index (χ1n) is 6.05. The molecule has 0 aliphatic heterocycles. The minimum atomic E-state index is -0.357. The maximum Gasteiger partial charge on any atom is 0.309 e. The van der Waals surface area contributed by atoms with Crippen molar-refractivity contribution in [3.8, 4) is 0 Å². The van der Waals surface area contributed by atoms with Crippen molar-refractivity contribution in [2.75, 3.05) is 11.0 Å². The Morgan fingerprint density at radius 2 is 1.88 bits per heavy atom. The number of carbonyl (C=O) groups excluding carboxylic acids is 2. The van der Waals surface area contributed by atoms with Gasteiger partial charge in [0.2, 0.25) is 0 Å². The summed E-state index contributed by atoms with van der Waals surface area (Å²) in [4.78, 5) is 22.7. The van der Waals surface area contributed by atoms with Gasteiger partial charge in [-0.05, 0) is 12.8 Å². The van der Waals surface area contributed by atoms with Crippen molar-refractivity contribution in [2.45, 2.75) is 52.1 Å². The van der Waals surface area contributed by atoms with Gasteiger partial charge in [0.1, 0.15) is 6.10 Å². The Morgan fingerprint density at radius 3 is 2.41 bits per heavy atom. The van der Waals surface area contributed by atoms with Gasteiger partial charge in [-0.2, -0.15) is 0 Å². The van der Waals surface area contributed by atoms with Gasteiger partial charge < -0.3 is 9.47 Å². The quantitative estimate of drug-likeness (QED) is 0.362. The molecule has 0 bridgehead atoms. The number of unbranched alkanes of at least 4 members (excludes halogenated alkanes) is 1. The van der Waals surface area contributed by atoms with Gasteiger partial charge in [0.25, 0.3) is 0 Å². The van der Waals surface area contributed by atoms with Gasteiger partial charge in [0.05, 0.1) is 13.0 Å². The van der Waals surface area contributed by atoms with Crippen LogP contribution < -0.4 is 0 Å². The summed E-state index contributed by atoms with van der Waals surface area (Å²) >= 11 is 2.11. The average Bonchev–Trinajstić information content (AvgIpc) is 2.32. The van der Waals surface area contributed by atoms with Crippen LogP contribution in [0.3, 0.4) is 0 Å². The summed E-state index contributed by atoms with van der Waals surface area (Å²) in [6.07, 6.45) is 2.81. The third-order valence-corrected chi connectivity index (χ3v) is 3.05. The minimum Gasteiger partial charge on any atom is -0.466 e. The van der Waals surface area contributed by atoms with E-state index >= 15 is 0 Å². The molecule has 5 heteroatoms. The standard InChI is InChI=1S/C12H21IO4/c1-3-5-6-11(14)17-10(9-13)8-12(15)16-7-4-2/h10H,3-9H2,1-2H3. The lowest BCUT2D eigenvalue weighted by atomic mass is 10.2. The number of alkyl halides is 1. The molecule has 1 atom stereocenters. The lowest BCUT2D eigenvalue weighted by molar-refractivity contribution is -0.153. The van der Waals surface area contributed by atoms with Crippen LogP contribution in [0, 0.1) is 0 Å². The Labute approximate surface area is 117 Å². The second kappa shape index (κ2) is 10.8. The highest BCUT2D eigenvalue weighted by Gasteiger charge is 2.17. The Balaban J connectivity index is 3.89. The lowest BCUT2D eigenvalue weighted by Gasteiger charge is -2.14. The molecule has 4 nitrogen and oxygen atoms in total. The molecule has 17 heavy (non-hydrogen) atoms. The molecule has 0 spiro atoms. The molecule has 0 rings (SSSR count). The first kappa shape index (κ1) is 16.7. The summed E-state index contributed by atoms with van der Waals surface area (Å²) in [7, 11) is 0. The van der Waals surface area contributed by atoms with Gasteiger partial charge in [0, 0.05) is 10.8 Å². The third-order valence-electron chi connectivity index (χ3n) is 2.07. The van der Waals surface area contributed by atoms with Gasteiger partial charge in [0.15, 0.2) is 0 Å². The van der Waals surface area contributed by atoms with Crippen molar-refractivity contribution in [2.24, 2.45) is 0 Å². The molecular weight excluding hydrogens is 335 g/mol. The lowest BCUT2D eigenvalue weighted by Crippen LogP contribution is -2.24. The number of halogens is 1. The number of ether oxygens (including phenoxy) is 2. The number of rotatable bonds is 9. The molecule has 0 saturated heterocycles. The number of carbonyl (C=O) groups is 2. The molecule has 0 aromatic rings. The molecule has 0 aliphatic carbocycles. The van der Waals surface area contributed by atoms with Crippen LogP contribution in [0.15, 0.2) is 0 Å². The predicted molar refractivity (Wildman–Crippen MR) is 74.2 cm³/mol. The molecule has 0 N–H and O–H groups in total. The van der Waals surface area contributed by atoms with Crippen LogP contribution in [0.25, 0.3) is 0 Å². The van der Waals surface area contributed by atoms with Crippen LogP contribution in [0.2, 0.25) is 0 Å². The van der Waals surface area contributed by atoms with E-state index in [-0.39, 0.29) is 24.5 Å². The topological polar surface area (TPSA) is 52.6 Å². The van der Waals surface area contributed by atoms with Crippen LogP contribution >= 0.6 is 22.6 Å². The van der Waals surface area contributed by atoms with E-state index in [0.29, 0.717) is 17.5 Å². The van der Waals surface area contributed by atoms with E-state index in [2.05, 4.69) is 22.6 Å². The zero-order valence-electron chi connectivity index (χ0n) is 10.5. The van der Waals surface area contributed by atoms with Crippen LogP contribution in [0.5, 0.6) is 0 Å². The van der Waals surface area contributed by atoms with Gasteiger partial charge in [-0.25, -0.2) is 0 Å². The van der Waals surface area contributed by atoms with E-state index in [0.717, 1.165) is 19.3 Å². The van der Waals surface area contributed by atoms with Crippen LogP contribution in [0.4, 0.5) is 0 Å². The van der Waals surface area contributed by atoms with Crippen molar-refractivity contribution in [3.63, 3.8) is 0 Å². The van der Waals surface area contributed by atoms with Crippen molar-refractivity contribution in [1.82, 2.24) is 0 Å². The molecule has 0 fully saturated rings. The monoisotopic (exact) mass is 356 g/mol. The van der Waals surface area contributed by atoms with Crippen LogP contribution in [0.1, 0.15) is 46.0 Å². The van der Waals surface area contributed by atoms with E-state index in [9.17, 15) is 9.59 Å². The number of hydrogen-bond donors (Lipinski definition) is 0. The first-order valence-corrected chi connectivity index (χ1v) is 7.57. The molecule has 0 aliphatic rings. The third kappa shape index (κ3) is 9.38. The molecule has 0 heterocycles. The molecule has 1 unspecified atom stereocenters. The highest BCUT2D eigenvalue weighted by Crippen LogP contribution is 2.08. The smallest absolute Gasteiger partial charge is 0.309 e. The fourth-order valence-electron chi connectivity index (χ4n) is 1.15. The van der Waals surface area contributed by atoms with Gasteiger partial charge in [-0.3, -0.25) is 9.59 Å². The summed E-state index contributed by atoms with van der Waals surface area (Å²) in [5.41, 5.74) is 0. The fourth-order valence-corrected chi connectivity index (χ4v) is 1.65. The van der Waals surface area contributed by atoms with E-state index in [4.69, 9.17) is 9.47 Å². The normalized spacial score (nSPS) is 11.9. The molecule has 0 radical (unpaired) electrons. The maximum absolute atomic E-state index is 11.4. The first-order chi connectivity index (χ1) is 8.13. The Hall–Kier alpha value is -0.330. The summed E-state index contributed by atoms with van der Waals surface area (Å²) in [5.74, 6) is -0.520. The van der Waals surface area contributed by atoms with Crippen LogP contribution in [-0.2, 0) is 19.1 Å². The summed E-state index contributed by atoms with van der Waals surface area (Å²) in [6, 6.07) is 0. The Kier molecular flexibility index (Phi) is 10.6. The summed E-state index contributed by atoms with van der Waals surface area (Å²) < 4.78 is 10.8. The molecule has 0 aromatic carbocycles. The van der Waals surface area contributed by atoms with E-state index < -0.39 is 0 Å². The van der Waals surface area contributed by atoms with Gasteiger partial charge in [-0.1, -0.05) is 42.9 Å². The van der Waals surface area contributed by atoms with Crippen molar-refractivity contribution in [3.05, 3.63) is 0 Å². The minimum absolute atomic E-state index is 0.154. The average molecular weight is 356 g/mol. The molecular formula is C12H21IO4. The van der Waals surface area contributed by atoms with Gasteiger partial charge in [-0.15, -0.1) is 0 Å².